The van der Waals surface area contributed by atoms with E-state index in [-0.39, 0.29) is 39.0 Å². The molecule has 3 N–H and O–H groups in total. The predicted molar refractivity (Wildman–Crippen MR) is 79.9 cm³/mol. The monoisotopic (exact) mass is 412 g/mol. The third-order valence-corrected chi connectivity index (χ3v) is 1.71. The van der Waals surface area contributed by atoms with E-state index >= 15 is 0 Å². The van der Waals surface area contributed by atoms with Gasteiger partial charge in [-0.25, -0.2) is 0 Å². The maximum atomic E-state index is 7.56. The van der Waals surface area contributed by atoms with E-state index < -0.39 is 6.72 Å². The molecule has 0 aliphatic carbocycles. The molecule has 0 aromatic rings. The van der Waals surface area contributed by atoms with Gasteiger partial charge in [-0.2, -0.15) is 12.8 Å². The summed E-state index contributed by atoms with van der Waals surface area (Å²) in [7, 11) is 0. The van der Waals surface area contributed by atoms with Gasteiger partial charge >= 0.3 is 26.2 Å². The second-order valence-electron chi connectivity index (χ2n) is 3.63. The van der Waals surface area contributed by atoms with E-state index in [0.717, 1.165) is 12.8 Å². The van der Waals surface area contributed by atoms with E-state index in [1.54, 1.807) is 0 Å². The molecule has 0 atom stereocenters. The molecule has 0 saturated carbocycles. The van der Waals surface area contributed by atoms with Gasteiger partial charge in [0, 0.05) is 19.5 Å². The van der Waals surface area contributed by atoms with Gasteiger partial charge in [0.05, 0.1) is 0 Å². The van der Waals surface area contributed by atoms with Crippen molar-refractivity contribution < 1.29 is 53.6 Å². The van der Waals surface area contributed by atoms with Gasteiger partial charge in [-0.1, -0.05) is 52.4 Å². The molecule has 0 heterocycles. The Labute approximate surface area is 150 Å². The predicted octanol–water partition coefficient (Wildman–Crippen LogP) is 3.98. The fraction of sp³-hybridized carbons (Fsp3) is 0.833. The Hall–Kier alpha value is 1.78. The standard InChI is InChI=1S/C8H17.C4H9.H3O3PS.2Zn/c1-3-5-7-8-6-4-2;1-3-4-2;1-4(2,3)5;;/h1,3-8H2,2H3;1,3-4H2,2H3;(H3,1,2,3,5);;/q2*-1;;;+2. The largest absolute Gasteiger partial charge is 2.00 e. The SMILES string of the molecule is OP(O)(O)=S.[CH2-]CCC.[CH2-]CCCCCCC.[Zn+2].[Zn]. The summed E-state index contributed by atoms with van der Waals surface area (Å²) in [5, 5.41) is 0. The summed E-state index contributed by atoms with van der Waals surface area (Å²) in [5.41, 5.74) is 0. The van der Waals surface area contributed by atoms with Crippen LogP contribution in [0.5, 0.6) is 0 Å². The van der Waals surface area contributed by atoms with Gasteiger partial charge in [0.15, 0.2) is 0 Å². The summed E-state index contributed by atoms with van der Waals surface area (Å²) in [5.74, 6) is 0. The molecule has 0 aromatic heterocycles. The first-order valence-corrected chi connectivity index (χ1v) is 8.86. The molecule has 0 saturated heterocycles. The summed E-state index contributed by atoms with van der Waals surface area (Å²) >= 11 is 3.60. The molecule has 0 aliphatic heterocycles. The molecule has 0 bridgehead atoms. The molecule has 0 aliphatic rings. The summed E-state index contributed by atoms with van der Waals surface area (Å²) in [6, 6.07) is 0. The summed E-state index contributed by atoms with van der Waals surface area (Å²) < 4.78 is 0. The van der Waals surface area contributed by atoms with Crippen molar-refractivity contribution in [3.63, 3.8) is 0 Å². The van der Waals surface area contributed by atoms with Crippen LogP contribution in [0.4, 0.5) is 0 Å². The fourth-order valence-electron chi connectivity index (χ4n) is 0.780. The molecule has 0 amide bonds. The van der Waals surface area contributed by atoms with Gasteiger partial charge in [0.2, 0.25) is 0 Å². The minimum atomic E-state index is -3.81. The summed E-state index contributed by atoms with van der Waals surface area (Å²) in [6.07, 6.45) is 10.3. The maximum absolute atomic E-state index is 7.56. The van der Waals surface area contributed by atoms with Crippen molar-refractivity contribution in [2.75, 3.05) is 0 Å². The van der Waals surface area contributed by atoms with Gasteiger partial charge in [0.25, 0.3) is 0 Å². The molecule has 110 valence electrons. The third kappa shape index (κ3) is 103. The van der Waals surface area contributed by atoms with Crippen molar-refractivity contribution in [3.8, 4) is 0 Å². The summed E-state index contributed by atoms with van der Waals surface area (Å²) in [4.78, 5) is 22.7. The van der Waals surface area contributed by atoms with Crippen molar-refractivity contribution in [2.24, 2.45) is 0 Å². The van der Waals surface area contributed by atoms with E-state index in [1.807, 2.05) is 0 Å². The number of rotatable bonds is 6. The molecule has 0 radical (unpaired) electrons. The minimum absolute atomic E-state index is 0. The Balaban J connectivity index is -0.0000000524. The quantitative estimate of drug-likeness (QED) is 0.266. The van der Waals surface area contributed by atoms with Crippen LogP contribution in [0.15, 0.2) is 0 Å². The molecule has 0 rings (SSSR count). The Morgan fingerprint density at radius 2 is 1.16 bits per heavy atom. The first-order valence-electron chi connectivity index (χ1n) is 6.20. The molecule has 7 heteroatoms. The first-order chi connectivity index (χ1) is 7.83. The molecule has 19 heavy (non-hydrogen) atoms. The van der Waals surface area contributed by atoms with Gasteiger partial charge in [-0.05, 0) is 11.8 Å². The van der Waals surface area contributed by atoms with Crippen LogP contribution in [0.25, 0.3) is 0 Å². The van der Waals surface area contributed by atoms with E-state index in [2.05, 4.69) is 39.5 Å². The van der Waals surface area contributed by atoms with Crippen LogP contribution in [-0.4, -0.2) is 14.7 Å². The summed E-state index contributed by atoms with van der Waals surface area (Å²) in [6.45, 7) is 7.94. The Bertz CT molecular complexity index is 153. The number of hydrogen-bond acceptors (Lipinski definition) is 1. The van der Waals surface area contributed by atoms with E-state index in [1.165, 1.54) is 38.5 Å². The molecule has 3 nitrogen and oxygen atoms in total. The molecule has 0 unspecified atom stereocenters. The van der Waals surface area contributed by atoms with Crippen molar-refractivity contribution in [3.05, 3.63) is 13.8 Å². The Morgan fingerprint density at radius 1 is 0.842 bits per heavy atom. The second kappa shape index (κ2) is 28.0. The second-order valence-corrected chi connectivity index (χ2v) is 6.13. The van der Waals surface area contributed by atoms with Crippen LogP contribution in [0.3, 0.4) is 0 Å². The molecule has 0 aromatic carbocycles. The number of hydrogen-bond donors (Lipinski definition) is 3. The number of unbranched alkanes of at least 4 members (excludes halogenated alkanes) is 6. The third-order valence-electron chi connectivity index (χ3n) is 1.71. The Kier molecular flexibility index (Phi) is 48.1. The van der Waals surface area contributed by atoms with Crippen molar-refractivity contribution >= 4 is 18.5 Å². The van der Waals surface area contributed by atoms with Crippen LogP contribution in [-0.2, 0) is 50.8 Å². The van der Waals surface area contributed by atoms with Crippen molar-refractivity contribution in [2.45, 2.75) is 65.2 Å². The smallest absolute Gasteiger partial charge is 0.343 e. The zero-order chi connectivity index (χ0) is 14.2. The van der Waals surface area contributed by atoms with Crippen LogP contribution in [0.2, 0.25) is 0 Å². The first kappa shape index (κ1) is 32.6. The van der Waals surface area contributed by atoms with E-state index in [0.29, 0.717) is 0 Å². The van der Waals surface area contributed by atoms with E-state index in [9.17, 15) is 0 Å². The van der Waals surface area contributed by atoms with E-state index in [4.69, 9.17) is 14.7 Å². The molecule has 0 spiro atoms. The maximum Gasteiger partial charge on any atom is 2.00 e. The minimum Gasteiger partial charge on any atom is -0.343 e. The van der Waals surface area contributed by atoms with Gasteiger partial charge < -0.3 is 28.5 Å². The normalized spacial score (nSPS) is 8.79. The van der Waals surface area contributed by atoms with Gasteiger partial charge in [0.1, 0.15) is 0 Å². The zero-order valence-electron chi connectivity index (χ0n) is 12.7. The van der Waals surface area contributed by atoms with Gasteiger partial charge in [-0.15, -0.1) is 0 Å². The van der Waals surface area contributed by atoms with Crippen LogP contribution in [0, 0.1) is 13.8 Å². The fourth-order valence-corrected chi connectivity index (χ4v) is 0.780. The molecular weight excluding hydrogens is 386 g/mol. The van der Waals surface area contributed by atoms with Crippen LogP contribution >= 0.6 is 6.72 Å². The van der Waals surface area contributed by atoms with Crippen molar-refractivity contribution in [1.29, 1.82) is 0 Å². The van der Waals surface area contributed by atoms with Gasteiger partial charge in [-0.3, -0.25) is 0 Å². The Morgan fingerprint density at radius 3 is 1.37 bits per heavy atom. The molecule has 0 fully saturated rings. The zero-order valence-corrected chi connectivity index (χ0v) is 20.3. The average molecular weight is 415 g/mol. The average Bonchev–Trinajstić information content (AvgIpc) is 2.23. The van der Waals surface area contributed by atoms with Crippen LogP contribution < -0.4 is 0 Å². The topological polar surface area (TPSA) is 60.7 Å². The van der Waals surface area contributed by atoms with Crippen molar-refractivity contribution in [1.82, 2.24) is 0 Å². The van der Waals surface area contributed by atoms with Crippen LogP contribution in [0.1, 0.15) is 65.2 Å². The molecular formula is C12H29O3PSZn2.